The summed E-state index contributed by atoms with van der Waals surface area (Å²) in [5.74, 6) is -0.145. The number of carbonyl (C=O) groups excluding carboxylic acids is 1. The van der Waals surface area contributed by atoms with Crippen molar-refractivity contribution in [1.82, 2.24) is 10.3 Å². The third-order valence-corrected chi connectivity index (χ3v) is 2.73. The van der Waals surface area contributed by atoms with Crippen LogP contribution in [0.5, 0.6) is 0 Å². The minimum Gasteiger partial charge on any atom is -0.346 e. The number of rotatable bonds is 4. The fourth-order valence-corrected chi connectivity index (χ4v) is 1.23. The maximum atomic E-state index is 11.8. The largest absolute Gasteiger partial charge is 0.346 e. The van der Waals surface area contributed by atoms with Crippen molar-refractivity contribution < 1.29 is 4.79 Å². The Morgan fingerprint density at radius 2 is 2.31 bits per heavy atom. The predicted molar refractivity (Wildman–Crippen MR) is 63.7 cm³/mol. The van der Waals surface area contributed by atoms with E-state index >= 15 is 0 Å². The van der Waals surface area contributed by atoms with Gasteiger partial charge in [0.25, 0.3) is 0 Å². The van der Waals surface area contributed by atoms with E-state index in [4.69, 9.17) is 5.73 Å². The van der Waals surface area contributed by atoms with Gasteiger partial charge >= 0.3 is 0 Å². The van der Waals surface area contributed by atoms with E-state index in [1.165, 1.54) is 0 Å². The Morgan fingerprint density at radius 1 is 1.62 bits per heavy atom. The third-order valence-electron chi connectivity index (χ3n) is 2.73. The normalized spacial score (nSPS) is 16.2. The van der Waals surface area contributed by atoms with Crippen LogP contribution in [0.2, 0.25) is 0 Å². The van der Waals surface area contributed by atoms with Gasteiger partial charge < -0.3 is 11.1 Å². The second kappa shape index (κ2) is 5.07. The van der Waals surface area contributed by atoms with Gasteiger partial charge in [0, 0.05) is 6.20 Å². The van der Waals surface area contributed by atoms with Crippen LogP contribution < -0.4 is 11.1 Å². The first-order valence-corrected chi connectivity index (χ1v) is 5.48. The zero-order valence-corrected chi connectivity index (χ0v) is 10.0. The summed E-state index contributed by atoms with van der Waals surface area (Å²) >= 11 is 0. The number of hydrogen-bond donors (Lipinski definition) is 2. The molecule has 0 saturated carbocycles. The van der Waals surface area contributed by atoms with Crippen molar-refractivity contribution in [2.24, 2.45) is 5.73 Å². The van der Waals surface area contributed by atoms with Gasteiger partial charge in [-0.2, -0.15) is 0 Å². The van der Waals surface area contributed by atoms with E-state index in [0.717, 1.165) is 5.69 Å². The quantitative estimate of drug-likeness (QED) is 0.807. The summed E-state index contributed by atoms with van der Waals surface area (Å²) in [7, 11) is 0. The summed E-state index contributed by atoms with van der Waals surface area (Å²) in [6, 6.07) is 5.50. The lowest BCUT2D eigenvalue weighted by atomic mass is 9.99. The highest BCUT2D eigenvalue weighted by atomic mass is 16.2. The van der Waals surface area contributed by atoms with E-state index in [-0.39, 0.29) is 11.9 Å². The molecule has 0 aliphatic heterocycles. The van der Waals surface area contributed by atoms with E-state index in [0.29, 0.717) is 6.42 Å². The number of amides is 1. The predicted octanol–water partition coefficient (Wildman–Crippen LogP) is 1.39. The van der Waals surface area contributed by atoms with Gasteiger partial charge in [0.2, 0.25) is 5.91 Å². The van der Waals surface area contributed by atoms with E-state index < -0.39 is 5.54 Å². The number of carbonyl (C=O) groups is 1. The Balaban J connectivity index is 2.66. The Morgan fingerprint density at radius 3 is 2.81 bits per heavy atom. The molecule has 2 atom stereocenters. The molecule has 4 nitrogen and oxygen atoms in total. The molecule has 1 unspecified atom stereocenters. The fraction of sp³-hybridized carbons (Fsp3) is 0.500. The van der Waals surface area contributed by atoms with Gasteiger partial charge in [-0.25, -0.2) is 0 Å². The van der Waals surface area contributed by atoms with Crippen LogP contribution in [0.3, 0.4) is 0 Å². The molecule has 1 heterocycles. The van der Waals surface area contributed by atoms with Crippen LogP contribution in [-0.4, -0.2) is 16.4 Å². The summed E-state index contributed by atoms with van der Waals surface area (Å²) in [5.41, 5.74) is 5.87. The molecule has 0 fully saturated rings. The Labute approximate surface area is 96.3 Å². The molecule has 3 N–H and O–H groups in total. The fourth-order valence-electron chi connectivity index (χ4n) is 1.23. The molecule has 0 aliphatic rings. The molecule has 1 amide bonds. The average Bonchev–Trinajstić information content (AvgIpc) is 2.30. The molecule has 0 aliphatic carbocycles. The molecule has 0 aromatic carbocycles. The van der Waals surface area contributed by atoms with Crippen LogP contribution in [0.1, 0.15) is 38.9 Å². The maximum Gasteiger partial charge on any atom is 0.240 e. The number of nitrogens with one attached hydrogen (secondary N) is 1. The lowest BCUT2D eigenvalue weighted by Crippen LogP contribution is -2.51. The van der Waals surface area contributed by atoms with Gasteiger partial charge in [-0.15, -0.1) is 0 Å². The molecule has 0 spiro atoms. The Hall–Kier alpha value is -1.42. The van der Waals surface area contributed by atoms with E-state index in [1.54, 1.807) is 13.1 Å². The lowest BCUT2D eigenvalue weighted by Gasteiger charge is -2.24. The first-order valence-electron chi connectivity index (χ1n) is 5.48. The molecular weight excluding hydrogens is 202 g/mol. The first-order chi connectivity index (χ1) is 7.47. The molecule has 0 radical (unpaired) electrons. The summed E-state index contributed by atoms with van der Waals surface area (Å²) in [5, 5.41) is 2.86. The van der Waals surface area contributed by atoms with Crippen LogP contribution in [-0.2, 0) is 4.79 Å². The van der Waals surface area contributed by atoms with Crippen molar-refractivity contribution >= 4 is 5.91 Å². The second-order valence-electron chi connectivity index (χ2n) is 4.22. The highest BCUT2D eigenvalue weighted by Gasteiger charge is 2.27. The Bertz CT molecular complexity index is 349. The molecule has 1 aromatic rings. The van der Waals surface area contributed by atoms with Gasteiger partial charge in [0.15, 0.2) is 0 Å². The summed E-state index contributed by atoms with van der Waals surface area (Å²) in [6.07, 6.45) is 2.31. The minimum absolute atomic E-state index is 0.122. The van der Waals surface area contributed by atoms with Crippen LogP contribution in [0, 0.1) is 0 Å². The summed E-state index contributed by atoms with van der Waals surface area (Å²) in [6.45, 7) is 5.52. The zero-order valence-electron chi connectivity index (χ0n) is 10.0. The van der Waals surface area contributed by atoms with Crippen molar-refractivity contribution in [2.45, 2.75) is 38.8 Å². The Kier molecular flexibility index (Phi) is 4.01. The summed E-state index contributed by atoms with van der Waals surface area (Å²) in [4.78, 5) is 16.0. The van der Waals surface area contributed by atoms with E-state index in [1.807, 2.05) is 32.0 Å². The van der Waals surface area contributed by atoms with Crippen LogP contribution in [0.15, 0.2) is 24.4 Å². The third kappa shape index (κ3) is 3.03. The lowest BCUT2D eigenvalue weighted by molar-refractivity contribution is -0.126. The molecule has 0 saturated heterocycles. The van der Waals surface area contributed by atoms with Gasteiger partial charge in [-0.3, -0.25) is 9.78 Å². The molecule has 1 rings (SSSR count). The number of nitrogens with zero attached hydrogens (tertiary/aromatic N) is 1. The van der Waals surface area contributed by atoms with Crippen molar-refractivity contribution in [3.05, 3.63) is 30.1 Å². The van der Waals surface area contributed by atoms with Crippen LogP contribution in [0.25, 0.3) is 0 Å². The van der Waals surface area contributed by atoms with Crippen LogP contribution in [0.4, 0.5) is 0 Å². The molecule has 0 bridgehead atoms. The standard InChI is InChI=1S/C12H19N3O/c1-4-12(3,13)11(16)15-9(2)10-7-5-6-8-14-10/h5-9H,4,13H2,1-3H3,(H,15,16)/t9-,12?/m1/s1. The topological polar surface area (TPSA) is 68.0 Å². The van der Waals surface area contributed by atoms with Crippen molar-refractivity contribution in [3.63, 3.8) is 0 Å². The SMILES string of the molecule is CCC(C)(N)C(=O)N[C@H](C)c1ccccn1. The average molecular weight is 221 g/mol. The molecule has 4 heteroatoms. The van der Waals surface area contributed by atoms with Gasteiger partial charge in [0.1, 0.15) is 0 Å². The smallest absolute Gasteiger partial charge is 0.240 e. The van der Waals surface area contributed by atoms with Crippen molar-refractivity contribution in [2.75, 3.05) is 0 Å². The molecule has 88 valence electrons. The number of pyridine rings is 1. The van der Waals surface area contributed by atoms with E-state index in [9.17, 15) is 4.79 Å². The molecule has 16 heavy (non-hydrogen) atoms. The zero-order chi connectivity index (χ0) is 12.2. The second-order valence-corrected chi connectivity index (χ2v) is 4.22. The minimum atomic E-state index is -0.816. The van der Waals surface area contributed by atoms with Gasteiger partial charge in [-0.05, 0) is 32.4 Å². The number of hydrogen-bond acceptors (Lipinski definition) is 3. The van der Waals surface area contributed by atoms with Gasteiger partial charge in [-0.1, -0.05) is 13.0 Å². The number of nitrogens with two attached hydrogens (primary N) is 1. The number of aromatic nitrogens is 1. The molecular formula is C12H19N3O. The van der Waals surface area contributed by atoms with E-state index in [2.05, 4.69) is 10.3 Å². The van der Waals surface area contributed by atoms with Crippen molar-refractivity contribution in [1.29, 1.82) is 0 Å². The van der Waals surface area contributed by atoms with Crippen molar-refractivity contribution in [3.8, 4) is 0 Å². The monoisotopic (exact) mass is 221 g/mol. The first kappa shape index (κ1) is 12.6. The van der Waals surface area contributed by atoms with Crippen LogP contribution >= 0.6 is 0 Å². The maximum absolute atomic E-state index is 11.8. The highest BCUT2D eigenvalue weighted by molar-refractivity contribution is 5.85. The highest BCUT2D eigenvalue weighted by Crippen LogP contribution is 2.11. The van der Waals surface area contributed by atoms with Gasteiger partial charge in [0.05, 0.1) is 17.3 Å². The summed E-state index contributed by atoms with van der Waals surface area (Å²) < 4.78 is 0. The molecule has 1 aromatic heterocycles.